The van der Waals surface area contributed by atoms with E-state index in [0.717, 1.165) is 19.6 Å². The third-order valence-corrected chi connectivity index (χ3v) is 3.15. The van der Waals surface area contributed by atoms with Crippen LogP contribution in [0.15, 0.2) is 0 Å². The van der Waals surface area contributed by atoms with Gasteiger partial charge in [-0.25, -0.2) is 0 Å². The van der Waals surface area contributed by atoms with Gasteiger partial charge in [-0.15, -0.1) is 24.8 Å². The van der Waals surface area contributed by atoms with Crippen molar-refractivity contribution in [3.8, 4) is 11.8 Å². The van der Waals surface area contributed by atoms with Crippen LogP contribution in [0, 0.1) is 17.8 Å². The van der Waals surface area contributed by atoms with E-state index in [1.165, 1.54) is 38.8 Å². The van der Waals surface area contributed by atoms with Gasteiger partial charge in [0.05, 0.1) is 6.54 Å². The number of halogens is 2. The average Bonchev–Trinajstić information content (AvgIpc) is 2.72. The Morgan fingerprint density at radius 3 is 2.31 bits per heavy atom. The number of hydrogen-bond donors (Lipinski definition) is 1. The van der Waals surface area contributed by atoms with Gasteiger partial charge in [0, 0.05) is 5.92 Å². The fourth-order valence-corrected chi connectivity index (χ4v) is 2.21. The van der Waals surface area contributed by atoms with Crippen molar-refractivity contribution in [2.24, 2.45) is 5.92 Å². The molecule has 2 heterocycles. The lowest BCUT2D eigenvalue weighted by Gasteiger charge is -2.17. The molecule has 2 nitrogen and oxygen atoms in total. The van der Waals surface area contributed by atoms with Crippen molar-refractivity contribution in [1.29, 1.82) is 0 Å². The molecule has 2 aliphatic rings. The van der Waals surface area contributed by atoms with Gasteiger partial charge in [0.25, 0.3) is 0 Å². The number of likely N-dealkylation sites (tertiary alicyclic amines) is 1. The van der Waals surface area contributed by atoms with Crippen molar-refractivity contribution in [2.45, 2.75) is 25.7 Å². The second kappa shape index (κ2) is 9.13. The Hall–Kier alpha value is 0.0600. The minimum absolute atomic E-state index is 0. The minimum atomic E-state index is 0. The molecule has 2 fully saturated rings. The van der Waals surface area contributed by atoms with Gasteiger partial charge >= 0.3 is 0 Å². The van der Waals surface area contributed by atoms with E-state index in [2.05, 4.69) is 22.1 Å². The molecule has 0 atom stereocenters. The van der Waals surface area contributed by atoms with Gasteiger partial charge in [0.1, 0.15) is 0 Å². The second-order valence-electron chi connectivity index (χ2n) is 4.33. The highest BCUT2D eigenvalue weighted by Gasteiger charge is 2.11. The Morgan fingerprint density at radius 1 is 1.06 bits per heavy atom. The summed E-state index contributed by atoms with van der Waals surface area (Å²) in [5, 5.41) is 3.37. The Kier molecular flexibility index (Phi) is 9.16. The van der Waals surface area contributed by atoms with Crippen molar-refractivity contribution in [2.75, 3.05) is 32.7 Å². The lowest BCUT2D eigenvalue weighted by Crippen LogP contribution is -2.27. The quantitative estimate of drug-likeness (QED) is 0.729. The molecule has 0 aliphatic carbocycles. The molecule has 1 N–H and O–H groups in total. The molecule has 0 aromatic carbocycles. The summed E-state index contributed by atoms with van der Waals surface area (Å²) in [5.41, 5.74) is 0. The van der Waals surface area contributed by atoms with Gasteiger partial charge in [-0.3, -0.25) is 4.90 Å². The summed E-state index contributed by atoms with van der Waals surface area (Å²) in [6, 6.07) is 0. The van der Waals surface area contributed by atoms with Gasteiger partial charge in [0.2, 0.25) is 0 Å². The van der Waals surface area contributed by atoms with Gasteiger partial charge in [-0.05, 0) is 51.9 Å². The smallest absolute Gasteiger partial charge is 0.0601 e. The lowest BCUT2D eigenvalue weighted by atomic mass is 9.99. The Balaban J connectivity index is 0.00000112. The van der Waals surface area contributed by atoms with E-state index < -0.39 is 0 Å². The molecular formula is C12H22Cl2N2. The molecule has 0 saturated carbocycles. The zero-order valence-corrected chi connectivity index (χ0v) is 11.3. The highest BCUT2D eigenvalue weighted by molar-refractivity contribution is 5.85. The summed E-state index contributed by atoms with van der Waals surface area (Å²) in [7, 11) is 0. The maximum absolute atomic E-state index is 3.42. The number of rotatable bonds is 1. The van der Waals surface area contributed by atoms with E-state index in [4.69, 9.17) is 0 Å². The first kappa shape index (κ1) is 16.1. The summed E-state index contributed by atoms with van der Waals surface area (Å²) in [4.78, 5) is 2.47. The summed E-state index contributed by atoms with van der Waals surface area (Å²) >= 11 is 0. The molecule has 0 spiro atoms. The first-order valence-electron chi connectivity index (χ1n) is 5.86. The molecule has 0 aromatic heterocycles. The Morgan fingerprint density at radius 2 is 1.69 bits per heavy atom. The third kappa shape index (κ3) is 5.41. The molecule has 2 rings (SSSR count). The van der Waals surface area contributed by atoms with Crippen LogP contribution in [0.3, 0.4) is 0 Å². The zero-order valence-electron chi connectivity index (χ0n) is 9.71. The molecule has 4 heteroatoms. The predicted molar refractivity (Wildman–Crippen MR) is 73.5 cm³/mol. The molecule has 0 bridgehead atoms. The van der Waals surface area contributed by atoms with E-state index in [9.17, 15) is 0 Å². The summed E-state index contributed by atoms with van der Waals surface area (Å²) in [6.07, 6.45) is 5.23. The molecule has 94 valence electrons. The molecule has 0 radical (unpaired) electrons. The number of piperidine rings is 1. The van der Waals surface area contributed by atoms with Gasteiger partial charge < -0.3 is 5.32 Å². The van der Waals surface area contributed by atoms with Gasteiger partial charge in [-0.2, -0.15) is 0 Å². The average molecular weight is 265 g/mol. The van der Waals surface area contributed by atoms with Crippen molar-refractivity contribution in [3.05, 3.63) is 0 Å². The minimum Gasteiger partial charge on any atom is -0.317 e. The molecule has 16 heavy (non-hydrogen) atoms. The monoisotopic (exact) mass is 264 g/mol. The zero-order chi connectivity index (χ0) is 9.64. The normalized spacial score (nSPS) is 21.5. The summed E-state index contributed by atoms with van der Waals surface area (Å²) in [5.74, 6) is 7.43. The van der Waals surface area contributed by atoms with Crippen molar-refractivity contribution in [3.63, 3.8) is 0 Å². The van der Waals surface area contributed by atoms with Crippen LogP contribution in [0.4, 0.5) is 0 Å². The molecule has 2 aliphatic heterocycles. The second-order valence-corrected chi connectivity index (χ2v) is 4.33. The highest BCUT2D eigenvalue weighted by atomic mass is 35.5. The van der Waals surface area contributed by atoms with Crippen LogP contribution in [-0.4, -0.2) is 37.6 Å². The van der Waals surface area contributed by atoms with E-state index in [1.807, 2.05) is 0 Å². The maximum Gasteiger partial charge on any atom is 0.0601 e. The fraction of sp³-hybridized carbons (Fsp3) is 0.833. The number of nitrogens with zero attached hydrogens (tertiary/aromatic N) is 1. The first-order chi connectivity index (χ1) is 6.95. The first-order valence-corrected chi connectivity index (χ1v) is 5.86. The van der Waals surface area contributed by atoms with E-state index in [1.54, 1.807) is 0 Å². The predicted octanol–water partition coefficient (Wildman–Crippen LogP) is 1.93. The number of nitrogens with one attached hydrogen (secondary N) is 1. The van der Waals surface area contributed by atoms with Gasteiger partial charge in [-0.1, -0.05) is 11.8 Å². The molecule has 0 unspecified atom stereocenters. The van der Waals surface area contributed by atoms with E-state index >= 15 is 0 Å². The standard InChI is InChI=1S/C12H20N2.2ClH/c1-2-10-14(9-1)11-3-4-12-5-7-13-8-6-12;;/h12-13H,1-2,5-11H2;2*1H. The Labute approximate surface area is 111 Å². The molecule has 0 amide bonds. The Bertz CT molecular complexity index is 223. The SMILES string of the molecule is C(#CC1CCNCC1)CN1CCCC1.Cl.Cl. The van der Waals surface area contributed by atoms with Crippen LogP contribution in [0.5, 0.6) is 0 Å². The fourth-order valence-electron chi connectivity index (χ4n) is 2.21. The number of hydrogen-bond acceptors (Lipinski definition) is 2. The van der Waals surface area contributed by atoms with Crippen LogP contribution in [0.2, 0.25) is 0 Å². The van der Waals surface area contributed by atoms with Crippen LogP contribution in [-0.2, 0) is 0 Å². The molecular weight excluding hydrogens is 243 g/mol. The van der Waals surface area contributed by atoms with E-state index in [-0.39, 0.29) is 24.8 Å². The lowest BCUT2D eigenvalue weighted by molar-refractivity contribution is 0.382. The van der Waals surface area contributed by atoms with Crippen LogP contribution in [0.25, 0.3) is 0 Å². The van der Waals surface area contributed by atoms with Crippen LogP contribution >= 0.6 is 24.8 Å². The molecule has 2 saturated heterocycles. The van der Waals surface area contributed by atoms with Crippen LogP contribution in [0.1, 0.15) is 25.7 Å². The maximum atomic E-state index is 3.42. The molecule has 0 aromatic rings. The van der Waals surface area contributed by atoms with Crippen molar-refractivity contribution >= 4 is 24.8 Å². The van der Waals surface area contributed by atoms with Crippen molar-refractivity contribution < 1.29 is 0 Å². The topological polar surface area (TPSA) is 15.3 Å². The summed E-state index contributed by atoms with van der Waals surface area (Å²) < 4.78 is 0. The van der Waals surface area contributed by atoms with Gasteiger partial charge in [0.15, 0.2) is 0 Å². The van der Waals surface area contributed by atoms with E-state index in [0.29, 0.717) is 5.92 Å². The third-order valence-electron chi connectivity index (χ3n) is 3.15. The van der Waals surface area contributed by atoms with Crippen molar-refractivity contribution in [1.82, 2.24) is 10.2 Å². The largest absolute Gasteiger partial charge is 0.317 e. The summed E-state index contributed by atoms with van der Waals surface area (Å²) in [6.45, 7) is 5.85. The highest BCUT2D eigenvalue weighted by Crippen LogP contribution is 2.10. The van der Waals surface area contributed by atoms with Crippen LogP contribution < -0.4 is 5.32 Å².